The molecule has 2 aromatic carbocycles. The normalized spacial score (nSPS) is 19.0. The summed E-state index contributed by atoms with van der Waals surface area (Å²) in [5, 5.41) is 27.5. The van der Waals surface area contributed by atoms with Gasteiger partial charge in [-0.25, -0.2) is 22.0 Å². The molecule has 0 bridgehead atoms. The van der Waals surface area contributed by atoms with Crippen molar-refractivity contribution in [3.05, 3.63) is 82.0 Å². The highest BCUT2D eigenvalue weighted by atomic mass is 19.2. The van der Waals surface area contributed by atoms with Crippen molar-refractivity contribution in [2.24, 2.45) is 10.2 Å². The fourth-order valence-corrected chi connectivity index (χ4v) is 3.92. The van der Waals surface area contributed by atoms with Crippen molar-refractivity contribution >= 4 is 34.7 Å². The Hall–Kier alpha value is -4.69. The summed E-state index contributed by atoms with van der Waals surface area (Å²) < 4.78 is 77.0. The van der Waals surface area contributed by atoms with Crippen LogP contribution in [0.15, 0.2) is 82.1 Å². The van der Waals surface area contributed by atoms with Gasteiger partial charge in [-0.1, -0.05) is 0 Å². The van der Waals surface area contributed by atoms with Crippen molar-refractivity contribution in [1.29, 1.82) is 0 Å². The van der Waals surface area contributed by atoms with Gasteiger partial charge in [0.1, 0.15) is 0 Å². The van der Waals surface area contributed by atoms with Crippen LogP contribution >= 0.6 is 0 Å². The lowest BCUT2D eigenvalue weighted by Crippen LogP contribution is -2.50. The Morgan fingerprint density at radius 3 is 2.07 bits per heavy atom. The number of esters is 1. The van der Waals surface area contributed by atoms with Crippen LogP contribution in [-0.4, -0.2) is 46.8 Å². The SMILES string of the molecule is CCN(CCC1(OC(=O)CCC(=O)O)C(F)=C(F)C(F)=C(F)C1F)c1ccc(N=Nc2ccc([N+](=O)[O-])cc2)cc1. The molecule has 0 heterocycles. The first-order valence-corrected chi connectivity index (χ1v) is 12.1. The predicted octanol–water partition coefficient (Wildman–Crippen LogP) is 7.03. The molecule has 41 heavy (non-hydrogen) atoms. The van der Waals surface area contributed by atoms with Gasteiger partial charge >= 0.3 is 11.9 Å². The number of nitrogens with zero attached hydrogens (tertiary/aromatic N) is 4. The zero-order valence-electron chi connectivity index (χ0n) is 21.4. The second-order valence-electron chi connectivity index (χ2n) is 8.73. The van der Waals surface area contributed by atoms with Gasteiger partial charge in [-0.2, -0.15) is 10.2 Å². The number of hydrogen-bond donors (Lipinski definition) is 1. The number of nitro groups is 1. The standard InChI is InChI=1S/C26H23F5N4O6/c1-2-34(17-7-3-15(4-8-17)32-33-16-5-9-18(10-6-16)35(39)40)14-13-26(41-20(38)12-11-19(36)37)24(30)22(28)21(27)23(29)25(26)31/h3-10,24H,2,11-14H2,1H3,(H,36,37). The maximum Gasteiger partial charge on any atom is 0.307 e. The molecule has 15 heteroatoms. The third-order valence-corrected chi connectivity index (χ3v) is 6.13. The molecule has 0 fully saturated rings. The largest absolute Gasteiger partial charge is 0.481 e. The Balaban J connectivity index is 1.79. The summed E-state index contributed by atoms with van der Waals surface area (Å²) in [6.45, 7) is 1.54. The van der Waals surface area contributed by atoms with E-state index in [2.05, 4.69) is 10.2 Å². The third kappa shape index (κ3) is 7.10. The third-order valence-electron chi connectivity index (χ3n) is 6.13. The molecular formula is C26H23F5N4O6. The molecule has 0 amide bonds. The van der Waals surface area contributed by atoms with E-state index in [1.54, 1.807) is 19.1 Å². The molecule has 0 saturated heterocycles. The number of anilines is 1. The summed E-state index contributed by atoms with van der Waals surface area (Å²) in [5.74, 6) is -12.1. The number of nitro benzene ring substituents is 1. The molecule has 0 aliphatic heterocycles. The van der Waals surface area contributed by atoms with Crippen LogP contribution in [0.4, 0.5) is 44.7 Å². The lowest BCUT2D eigenvalue weighted by molar-refractivity contribution is -0.384. The average molecular weight is 582 g/mol. The highest BCUT2D eigenvalue weighted by Crippen LogP contribution is 2.46. The summed E-state index contributed by atoms with van der Waals surface area (Å²) >= 11 is 0. The molecule has 3 rings (SSSR count). The zero-order valence-corrected chi connectivity index (χ0v) is 21.4. The molecule has 10 nitrogen and oxygen atoms in total. The van der Waals surface area contributed by atoms with Crippen LogP contribution in [0.3, 0.4) is 0 Å². The monoisotopic (exact) mass is 582 g/mol. The van der Waals surface area contributed by atoms with Crippen LogP contribution in [0.1, 0.15) is 26.2 Å². The topological polar surface area (TPSA) is 135 Å². The molecule has 1 aliphatic carbocycles. The van der Waals surface area contributed by atoms with E-state index >= 15 is 4.39 Å². The Labute approximate surface area is 229 Å². The number of ether oxygens (including phenoxy) is 1. The van der Waals surface area contributed by atoms with Crippen molar-refractivity contribution in [2.75, 3.05) is 18.0 Å². The molecule has 2 unspecified atom stereocenters. The van der Waals surface area contributed by atoms with Crippen molar-refractivity contribution in [1.82, 2.24) is 0 Å². The lowest BCUT2D eigenvalue weighted by atomic mass is 9.86. The highest BCUT2D eigenvalue weighted by Gasteiger charge is 2.56. The van der Waals surface area contributed by atoms with Gasteiger partial charge in [0.2, 0.25) is 11.8 Å². The van der Waals surface area contributed by atoms with E-state index in [1.165, 1.54) is 41.3 Å². The van der Waals surface area contributed by atoms with Crippen LogP contribution in [0, 0.1) is 10.1 Å². The summed E-state index contributed by atoms with van der Waals surface area (Å²) in [6, 6.07) is 11.5. The molecule has 0 spiro atoms. The number of rotatable bonds is 12. The van der Waals surface area contributed by atoms with E-state index in [-0.39, 0.29) is 18.8 Å². The lowest BCUT2D eigenvalue weighted by Gasteiger charge is -2.38. The van der Waals surface area contributed by atoms with E-state index in [0.717, 1.165) is 0 Å². The number of azo groups is 1. The van der Waals surface area contributed by atoms with E-state index in [9.17, 15) is 37.3 Å². The first-order valence-electron chi connectivity index (χ1n) is 12.1. The number of aliphatic carboxylic acids is 1. The van der Waals surface area contributed by atoms with Gasteiger partial charge < -0.3 is 14.7 Å². The fourth-order valence-electron chi connectivity index (χ4n) is 3.92. The van der Waals surface area contributed by atoms with E-state index in [1.807, 2.05) is 0 Å². The molecule has 0 aromatic heterocycles. The summed E-state index contributed by atoms with van der Waals surface area (Å²) in [7, 11) is 0. The second-order valence-corrected chi connectivity index (χ2v) is 8.73. The number of benzene rings is 2. The molecular weight excluding hydrogens is 559 g/mol. The number of halogens is 5. The molecule has 0 radical (unpaired) electrons. The van der Waals surface area contributed by atoms with Crippen LogP contribution in [0.25, 0.3) is 0 Å². The van der Waals surface area contributed by atoms with Gasteiger partial charge in [-0.15, -0.1) is 0 Å². The van der Waals surface area contributed by atoms with Crippen LogP contribution in [0.2, 0.25) is 0 Å². The molecule has 2 atom stereocenters. The number of carboxylic acids is 1. The maximum absolute atomic E-state index is 15.0. The van der Waals surface area contributed by atoms with Crippen molar-refractivity contribution in [2.45, 2.75) is 38.0 Å². The van der Waals surface area contributed by atoms with Gasteiger partial charge in [-0.3, -0.25) is 19.7 Å². The van der Waals surface area contributed by atoms with E-state index < -0.39 is 71.2 Å². The minimum Gasteiger partial charge on any atom is -0.481 e. The molecule has 218 valence electrons. The summed E-state index contributed by atoms with van der Waals surface area (Å²) in [6.07, 6.45) is -5.71. The number of allylic oxidation sites excluding steroid dienone is 2. The highest BCUT2D eigenvalue weighted by molar-refractivity contribution is 5.77. The van der Waals surface area contributed by atoms with Gasteiger partial charge in [-0.05, 0) is 43.3 Å². The van der Waals surface area contributed by atoms with Crippen LogP contribution in [-0.2, 0) is 14.3 Å². The number of hydrogen-bond acceptors (Lipinski definition) is 8. The maximum atomic E-state index is 15.0. The minimum absolute atomic E-state index is 0.112. The molecule has 0 saturated carbocycles. The molecule has 1 N–H and O–H groups in total. The number of non-ortho nitro benzene ring substituents is 1. The minimum atomic E-state index is -3.23. The van der Waals surface area contributed by atoms with Crippen molar-refractivity contribution < 1.29 is 46.3 Å². The number of carbonyl (C=O) groups is 2. The van der Waals surface area contributed by atoms with E-state index in [4.69, 9.17) is 9.84 Å². The van der Waals surface area contributed by atoms with E-state index in [0.29, 0.717) is 17.1 Å². The Bertz CT molecular complexity index is 1400. The van der Waals surface area contributed by atoms with Crippen LogP contribution < -0.4 is 4.90 Å². The molecule has 2 aromatic rings. The summed E-state index contributed by atoms with van der Waals surface area (Å²) in [4.78, 5) is 34.6. The Kier molecular flexibility index (Phi) is 9.86. The van der Waals surface area contributed by atoms with Crippen molar-refractivity contribution in [3.8, 4) is 0 Å². The smallest absolute Gasteiger partial charge is 0.307 e. The van der Waals surface area contributed by atoms with Gasteiger partial charge in [0, 0.05) is 37.3 Å². The quantitative estimate of drug-likeness (QED) is 0.0934. The Morgan fingerprint density at radius 2 is 1.56 bits per heavy atom. The molecule has 1 aliphatic rings. The predicted molar refractivity (Wildman–Crippen MR) is 135 cm³/mol. The van der Waals surface area contributed by atoms with Crippen molar-refractivity contribution in [3.63, 3.8) is 0 Å². The number of carbonyl (C=O) groups excluding carboxylic acids is 1. The zero-order chi connectivity index (χ0) is 30.3. The number of alkyl halides is 1. The van der Waals surface area contributed by atoms with Crippen LogP contribution in [0.5, 0.6) is 0 Å². The average Bonchev–Trinajstić information content (AvgIpc) is 2.96. The first-order chi connectivity index (χ1) is 19.4. The fraction of sp³-hybridized carbons (Fsp3) is 0.308. The number of carboxylic acid groups (broad SMARTS) is 1. The van der Waals surface area contributed by atoms with Gasteiger partial charge in [0.25, 0.3) is 5.69 Å². The Morgan fingerprint density at radius 1 is 1.00 bits per heavy atom. The van der Waals surface area contributed by atoms with Gasteiger partial charge in [0.05, 0.1) is 29.1 Å². The second kappa shape index (κ2) is 13.1. The van der Waals surface area contributed by atoms with Gasteiger partial charge in [0.15, 0.2) is 23.3 Å². The first kappa shape index (κ1) is 30.8. The summed E-state index contributed by atoms with van der Waals surface area (Å²) in [5.41, 5.74) is -2.12.